The fourth-order valence-corrected chi connectivity index (χ4v) is 4.17. The van der Waals surface area contributed by atoms with E-state index in [-0.39, 0.29) is 18.1 Å². The lowest BCUT2D eigenvalue weighted by molar-refractivity contribution is -0.118. The molecule has 11 nitrogen and oxygen atoms in total. The summed E-state index contributed by atoms with van der Waals surface area (Å²) in [4.78, 5) is 43.8. The Balaban J connectivity index is 1.59. The molecule has 3 heterocycles. The smallest absolute Gasteiger partial charge is 0.318 e. The molecule has 4 amide bonds. The second-order valence-electron chi connectivity index (χ2n) is 8.88. The number of amides is 4. The van der Waals surface area contributed by atoms with Crippen LogP contribution in [0.5, 0.6) is 0 Å². The van der Waals surface area contributed by atoms with Crippen molar-refractivity contribution in [2.75, 3.05) is 32.1 Å². The number of methoxy groups -OCH3 is 1. The van der Waals surface area contributed by atoms with Crippen molar-refractivity contribution >= 4 is 35.3 Å². The number of nitrogens with zero attached hydrogens (tertiary/aromatic N) is 3. The fourth-order valence-electron chi connectivity index (χ4n) is 4.04. The molecule has 2 atom stereocenters. The Labute approximate surface area is 226 Å². The van der Waals surface area contributed by atoms with Gasteiger partial charge in [-0.2, -0.15) is 0 Å². The number of aryl methyl sites for hydroxylation is 1. The normalized spacial score (nSPS) is 16.2. The molecule has 1 aliphatic heterocycles. The van der Waals surface area contributed by atoms with E-state index in [1.54, 1.807) is 31.2 Å². The Morgan fingerprint density at radius 2 is 2.00 bits per heavy atom. The Bertz CT molecular complexity index is 1350. The number of carbonyl (C=O) groups is 3. The average molecular weight is 563 g/mol. The quantitative estimate of drug-likeness (QED) is 0.363. The molecular weight excluding hydrogens is 538 g/mol. The van der Waals surface area contributed by atoms with Gasteiger partial charge in [-0.05, 0) is 42.3 Å². The van der Waals surface area contributed by atoms with Crippen LogP contribution >= 0.6 is 11.6 Å². The second kappa shape index (κ2) is 11.7. The summed E-state index contributed by atoms with van der Waals surface area (Å²) in [5.74, 6) is -4.36. The van der Waals surface area contributed by atoms with Gasteiger partial charge in [0.05, 0.1) is 25.7 Å². The van der Waals surface area contributed by atoms with Crippen molar-refractivity contribution in [3.8, 4) is 0 Å². The number of pyridine rings is 1. The monoisotopic (exact) mass is 562 g/mol. The van der Waals surface area contributed by atoms with Gasteiger partial charge in [0.15, 0.2) is 5.69 Å². The maximum atomic E-state index is 14.1. The molecule has 0 unspecified atom stereocenters. The number of anilines is 1. The van der Waals surface area contributed by atoms with Crippen LogP contribution in [-0.4, -0.2) is 65.6 Å². The Morgan fingerprint density at radius 1 is 1.26 bits per heavy atom. The number of aromatic nitrogens is 2. The summed E-state index contributed by atoms with van der Waals surface area (Å²) in [6.45, 7) is -0.0110. The molecule has 1 aromatic carbocycles. The van der Waals surface area contributed by atoms with Crippen molar-refractivity contribution in [3.63, 3.8) is 0 Å². The lowest BCUT2D eigenvalue weighted by atomic mass is 10.0. The largest absolute Gasteiger partial charge is 0.382 e. The predicted molar refractivity (Wildman–Crippen MR) is 135 cm³/mol. The summed E-state index contributed by atoms with van der Waals surface area (Å²) >= 11 is 5.99. The van der Waals surface area contributed by atoms with Gasteiger partial charge in [-0.15, -0.1) is 0 Å². The van der Waals surface area contributed by atoms with Crippen LogP contribution < -0.4 is 16.0 Å². The summed E-state index contributed by atoms with van der Waals surface area (Å²) in [5, 5.41) is 11.6. The highest BCUT2D eigenvalue weighted by molar-refractivity contribution is 6.30. The van der Waals surface area contributed by atoms with Gasteiger partial charge in [-0.25, -0.2) is 18.6 Å². The molecular formula is C25H25ClF2N6O5. The number of carbonyl (C=O) groups excluding carboxylic acids is 3. The number of hydrogen-bond acceptors (Lipinski definition) is 7. The maximum Gasteiger partial charge on any atom is 0.318 e. The molecule has 0 saturated carbocycles. The van der Waals surface area contributed by atoms with Crippen molar-refractivity contribution in [2.24, 2.45) is 0 Å². The molecule has 1 fully saturated rings. The molecule has 14 heteroatoms. The van der Waals surface area contributed by atoms with E-state index in [4.69, 9.17) is 20.9 Å². The third-order valence-electron chi connectivity index (χ3n) is 5.98. The molecule has 0 radical (unpaired) electrons. The van der Waals surface area contributed by atoms with Crippen LogP contribution in [0, 0.1) is 6.92 Å². The van der Waals surface area contributed by atoms with E-state index in [0.29, 0.717) is 21.7 Å². The fraction of sp³-hybridized carbons (Fsp3) is 0.320. The molecule has 206 valence electrons. The van der Waals surface area contributed by atoms with Crippen LogP contribution in [0.25, 0.3) is 0 Å². The van der Waals surface area contributed by atoms with E-state index in [1.807, 2.05) is 0 Å². The SMILES string of the molecule is COC[C@H](c1ccnc(NC(=O)[C@@H](NC(=O)c2nocc2C)c2ccc(Cl)cc2)c1)N1CC(F)(F)CNC1=O. The summed E-state index contributed by atoms with van der Waals surface area (Å²) < 4.78 is 38.2. The van der Waals surface area contributed by atoms with Crippen LogP contribution in [0.3, 0.4) is 0 Å². The molecule has 1 aliphatic rings. The Hall–Kier alpha value is -4.10. The summed E-state index contributed by atoms with van der Waals surface area (Å²) in [6, 6.07) is 6.54. The predicted octanol–water partition coefficient (Wildman–Crippen LogP) is 3.49. The van der Waals surface area contributed by atoms with Crippen molar-refractivity contribution in [1.82, 2.24) is 25.7 Å². The molecule has 39 heavy (non-hydrogen) atoms. The zero-order valence-electron chi connectivity index (χ0n) is 20.9. The molecule has 2 aromatic heterocycles. The zero-order chi connectivity index (χ0) is 28.2. The highest BCUT2D eigenvalue weighted by atomic mass is 35.5. The van der Waals surface area contributed by atoms with E-state index in [9.17, 15) is 23.2 Å². The van der Waals surface area contributed by atoms with Crippen LogP contribution in [0.4, 0.5) is 19.4 Å². The van der Waals surface area contributed by atoms with Crippen LogP contribution in [0.15, 0.2) is 53.4 Å². The zero-order valence-corrected chi connectivity index (χ0v) is 21.7. The number of urea groups is 1. The first-order valence-corrected chi connectivity index (χ1v) is 12.1. The lowest BCUT2D eigenvalue weighted by Crippen LogP contribution is -2.58. The van der Waals surface area contributed by atoms with E-state index < -0.39 is 48.9 Å². The van der Waals surface area contributed by atoms with Crippen LogP contribution in [-0.2, 0) is 9.53 Å². The second-order valence-corrected chi connectivity index (χ2v) is 9.32. The van der Waals surface area contributed by atoms with Crippen molar-refractivity contribution in [3.05, 3.63) is 76.3 Å². The van der Waals surface area contributed by atoms with Gasteiger partial charge in [0, 0.05) is 23.9 Å². The Kier molecular flexibility index (Phi) is 8.41. The first-order chi connectivity index (χ1) is 18.6. The van der Waals surface area contributed by atoms with Gasteiger partial charge in [0.1, 0.15) is 18.1 Å². The maximum absolute atomic E-state index is 14.1. The van der Waals surface area contributed by atoms with E-state index in [1.165, 1.54) is 31.7 Å². The number of halogens is 3. The minimum absolute atomic E-state index is 0.0147. The first kappa shape index (κ1) is 27.9. The molecule has 4 rings (SSSR count). The van der Waals surface area contributed by atoms with Crippen LogP contribution in [0.2, 0.25) is 5.02 Å². The molecule has 3 aromatic rings. The molecule has 1 saturated heterocycles. The topological polar surface area (TPSA) is 139 Å². The van der Waals surface area contributed by atoms with Gasteiger partial charge < -0.3 is 30.1 Å². The summed E-state index contributed by atoms with van der Waals surface area (Å²) in [6.07, 6.45) is 2.67. The van der Waals surface area contributed by atoms with Gasteiger partial charge in [0.2, 0.25) is 0 Å². The molecule has 0 bridgehead atoms. The van der Waals surface area contributed by atoms with Crippen LogP contribution in [0.1, 0.15) is 39.3 Å². The lowest BCUT2D eigenvalue weighted by Gasteiger charge is -2.38. The Morgan fingerprint density at radius 3 is 2.67 bits per heavy atom. The molecule has 0 aliphatic carbocycles. The highest BCUT2D eigenvalue weighted by Crippen LogP contribution is 2.29. The summed E-state index contributed by atoms with van der Waals surface area (Å²) in [5.41, 5.74) is 1.32. The summed E-state index contributed by atoms with van der Waals surface area (Å²) in [7, 11) is 1.38. The van der Waals surface area contributed by atoms with Crippen molar-refractivity contribution in [2.45, 2.75) is 24.9 Å². The van der Waals surface area contributed by atoms with Crippen molar-refractivity contribution in [1.29, 1.82) is 0 Å². The van der Waals surface area contributed by atoms with Crippen molar-refractivity contribution < 1.29 is 32.4 Å². The third kappa shape index (κ3) is 6.67. The number of rotatable bonds is 9. The third-order valence-corrected chi connectivity index (χ3v) is 6.24. The average Bonchev–Trinajstić information content (AvgIpc) is 3.34. The van der Waals surface area contributed by atoms with E-state index in [2.05, 4.69) is 26.1 Å². The first-order valence-electron chi connectivity index (χ1n) is 11.7. The number of nitrogens with one attached hydrogen (secondary N) is 3. The standard InChI is InChI=1S/C25H25ClF2N6O5/c1-14-10-39-33-20(14)22(35)32-21(15-3-5-17(26)6-4-15)23(36)31-19-9-16(7-8-29-19)18(11-38-2)34-13-25(27,28)12-30-24(34)37/h3-10,18,21H,11-13H2,1-2H3,(H,30,37)(H,32,35)(H,29,31,36)/t18-,21+/m1/s1. The number of benzene rings is 1. The number of alkyl halides is 2. The van der Waals surface area contributed by atoms with E-state index >= 15 is 0 Å². The minimum atomic E-state index is -3.13. The number of hydrogen-bond donors (Lipinski definition) is 3. The number of ether oxygens (including phenoxy) is 1. The molecule has 0 spiro atoms. The van der Waals surface area contributed by atoms with Gasteiger partial charge in [0.25, 0.3) is 17.7 Å². The van der Waals surface area contributed by atoms with Gasteiger partial charge >= 0.3 is 6.03 Å². The highest BCUT2D eigenvalue weighted by Gasteiger charge is 2.42. The minimum Gasteiger partial charge on any atom is -0.382 e. The van der Waals surface area contributed by atoms with Gasteiger partial charge in [-0.3, -0.25) is 9.59 Å². The van der Waals surface area contributed by atoms with Gasteiger partial charge in [-0.1, -0.05) is 28.9 Å². The van der Waals surface area contributed by atoms with E-state index in [0.717, 1.165) is 4.90 Å². The molecule has 3 N–H and O–H groups in total.